The van der Waals surface area contributed by atoms with Gasteiger partial charge in [0, 0.05) is 0 Å². The molecule has 0 unspecified atom stereocenters. The van der Waals surface area contributed by atoms with Crippen molar-refractivity contribution in [2.24, 2.45) is 0 Å². The molecule has 0 aliphatic rings. The van der Waals surface area contributed by atoms with Gasteiger partial charge in [0.05, 0.1) is 0 Å². The Morgan fingerprint density at radius 2 is 0.789 bits per heavy atom. The fraction of sp³-hybridized carbons (Fsp3) is 1.00. The molecule has 0 N–H and O–H groups in total. The highest BCUT2D eigenvalue weighted by atomic mass is 15.2. The Morgan fingerprint density at radius 1 is 0.526 bits per heavy atom. The van der Waals surface area contributed by atoms with Gasteiger partial charge in [0.15, 0.2) is 0 Å². The Balaban J connectivity index is 4.16. The minimum Gasteiger partial charge on any atom is -0.331 e. The first-order valence-corrected chi connectivity index (χ1v) is 8.73. The molecule has 0 spiro atoms. The fourth-order valence-electron chi connectivity index (χ4n) is 2.32. The van der Waals surface area contributed by atoms with Crippen molar-refractivity contribution in [2.75, 3.05) is 26.2 Å². The van der Waals surface area contributed by atoms with E-state index < -0.39 is 0 Å². The summed E-state index contributed by atoms with van der Waals surface area (Å²) in [5.41, 5.74) is 0. The Hall–Kier alpha value is -0.0151. The van der Waals surface area contributed by atoms with Crippen LogP contribution < -0.4 is 0 Å². The van der Waals surface area contributed by atoms with Crippen LogP contribution >= 0.6 is 0 Å². The second-order valence-electron chi connectivity index (χ2n) is 5.79. The van der Waals surface area contributed by atoms with Crippen LogP contribution in [0.2, 0.25) is 0 Å². The number of hydrogen-bond donors (Lipinski definition) is 0. The normalized spacial score (nSPS) is 11.5. The Labute approximate surface area is 123 Å². The zero-order valence-electron chi connectivity index (χ0n) is 14.1. The lowest BCUT2D eigenvalue weighted by molar-refractivity contribution is 0.343. The van der Waals surface area contributed by atoms with Gasteiger partial charge in [0.2, 0.25) is 0 Å². The van der Waals surface area contributed by atoms with Crippen molar-refractivity contribution in [1.82, 2.24) is 9.62 Å². The smallest absolute Gasteiger partial charge is 0.291 e. The van der Waals surface area contributed by atoms with E-state index >= 15 is 0 Å². The molecule has 0 heterocycles. The summed E-state index contributed by atoms with van der Waals surface area (Å²) >= 11 is 0. The highest BCUT2D eigenvalue weighted by molar-refractivity contribution is 6.28. The summed E-state index contributed by atoms with van der Waals surface area (Å²) < 4.78 is 0. The van der Waals surface area contributed by atoms with Crippen LogP contribution in [-0.2, 0) is 0 Å². The molecule has 114 valence electrons. The molecule has 0 atom stereocenters. The largest absolute Gasteiger partial charge is 0.331 e. The molecule has 2 nitrogen and oxygen atoms in total. The van der Waals surface area contributed by atoms with Crippen molar-refractivity contribution in [2.45, 2.75) is 79.1 Å². The average Bonchev–Trinajstić information content (AvgIpc) is 2.44. The lowest BCUT2D eigenvalue weighted by atomic mass is 10.00. The zero-order valence-corrected chi connectivity index (χ0v) is 14.1. The molecule has 19 heavy (non-hydrogen) atoms. The summed E-state index contributed by atoms with van der Waals surface area (Å²) in [5.74, 6) is 0. The van der Waals surface area contributed by atoms with Gasteiger partial charge in [-0.25, -0.2) is 0 Å². The van der Waals surface area contributed by atoms with E-state index in [1.54, 1.807) is 0 Å². The third-order valence-electron chi connectivity index (χ3n) is 3.71. The maximum atomic E-state index is 2.68. The third-order valence-corrected chi connectivity index (χ3v) is 3.71. The topological polar surface area (TPSA) is 6.48 Å². The van der Waals surface area contributed by atoms with Crippen molar-refractivity contribution in [3.63, 3.8) is 0 Å². The van der Waals surface area contributed by atoms with Crippen LogP contribution in [0.5, 0.6) is 0 Å². The summed E-state index contributed by atoms with van der Waals surface area (Å²) in [6.07, 6.45) is 10.6. The average molecular weight is 268 g/mol. The highest BCUT2D eigenvalue weighted by Gasteiger charge is 2.12. The van der Waals surface area contributed by atoms with E-state index in [4.69, 9.17) is 0 Å². The second-order valence-corrected chi connectivity index (χ2v) is 5.79. The van der Waals surface area contributed by atoms with Crippen LogP contribution in [0.4, 0.5) is 0 Å². The van der Waals surface area contributed by atoms with E-state index in [1.807, 2.05) is 0 Å². The summed E-state index contributed by atoms with van der Waals surface area (Å²) in [4.78, 5) is 5.36. The van der Waals surface area contributed by atoms with Crippen molar-refractivity contribution in [1.29, 1.82) is 0 Å². The summed E-state index contributed by atoms with van der Waals surface area (Å²) in [5, 5.41) is 0. The van der Waals surface area contributed by atoms with Gasteiger partial charge < -0.3 is 9.62 Å². The number of rotatable bonds is 14. The molecule has 0 rings (SSSR count). The van der Waals surface area contributed by atoms with Crippen LogP contribution in [0.15, 0.2) is 0 Å². The lowest BCUT2D eigenvalue weighted by Crippen LogP contribution is -2.43. The minimum atomic E-state index is 1.19. The van der Waals surface area contributed by atoms with E-state index in [1.165, 1.54) is 85.1 Å². The van der Waals surface area contributed by atoms with Crippen molar-refractivity contribution < 1.29 is 0 Å². The van der Waals surface area contributed by atoms with Crippen LogP contribution in [-0.4, -0.2) is 43.4 Å². The van der Waals surface area contributed by atoms with Gasteiger partial charge in [-0.15, -0.1) is 0 Å². The Morgan fingerprint density at radius 3 is 1.00 bits per heavy atom. The molecule has 0 bridgehead atoms. The van der Waals surface area contributed by atoms with Gasteiger partial charge >= 0.3 is 0 Å². The minimum absolute atomic E-state index is 1.19. The second kappa shape index (κ2) is 14.4. The van der Waals surface area contributed by atoms with Crippen LogP contribution in [0.1, 0.15) is 79.1 Å². The van der Waals surface area contributed by atoms with Gasteiger partial charge in [-0.1, -0.05) is 53.4 Å². The molecule has 0 saturated heterocycles. The van der Waals surface area contributed by atoms with Crippen molar-refractivity contribution in [3.8, 4) is 0 Å². The molecular formula is C16H37BN2. The van der Waals surface area contributed by atoms with E-state index in [2.05, 4.69) is 37.3 Å². The molecule has 0 amide bonds. The molecular weight excluding hydrogens is 231 g/mol. The predicted molar refractivity (Wildman–Crippen MR) is 89.9 cm³/mol. The fourth-order valence-corrected chi connectivity index (χ4v) is 2.32. The van der Waals surface area contributed by atoms with Crippen molar-refractivity contribution >= 4 is 7.55 Å². The third kappa shape index (κ3) is 11.5. The standard InChI is InChI=1S/C16H37BN2/c1-5-9-13-18(14-10-6-2)17-19(15-11-7-3)16-12-8-4/h17H,5-16H2,1-4H3. The molecule has 0 fully saturated rings. The van der Waals surface area contributed by atoms with Crippen molar-refractivity contribution in [3.05, 3.63) is 0 Å². The number of nitrogens with zero attached hydrogens (tertiary/aromatic N) is 2. The Bertz CT molecular complexity index is 142. The quantitative estimate of drug-likeness (QED) is 0.438. The SMILES string of the molecule is CCCCN(BN(CCCC)CCCC)CCCC. The molecule has 0 aliphatic heterocycles. The molecule has 0 aromatic carbocycles. The summed E-state index contributed by atoms with van der Waals surface area (Å²) in [7, 11) is 1.19. The Kier molecular flexibility index (Phi) is 14.4. The molecule has 0 saturated carbocycles. The molecule has 0 aromatic heterocycles. The van der Waals surface area contributed by atoms with E-state index in [-0.39, 0.29) is 0 Å². The first-order valence-electron chi connectivity index (χ1n) is 8.73. The van der Waals surface area contributed by atoms with E-state index in [0.717, 1.165) is 0 Å². The number of unbranched alkanes of at least 4 members (excludes halogenated alkanes) is 4. The maximum absolute atomic E-state index is 2.68. The summed E-state index contributed by atoms with van der Waals surface area (Å²) in [6.45, 7) is 14.3. The lowest BCUT2D eigenvalue weighted by Gasteiger charge is -2.29. The number of hydrogen-bond acceptors (Lipinski definition) is 2. The molecule has 0 aromatic rings. The zero-order chi connectivity index (χ0) is 14.3. The highest BCUT2D eigenvalue weighted by Crippen LogP contribution is 2.03. The van der Waals surface area contributed by atoms with Crippen LogP contribution in [0, 0.1) is 0 Å². The summed E-state index contributed by atoms with van der Waals surface area (Å²) in [6, 6.07) is 0. The van der Waals surface area contributed by atoms with Gasteiger partial charge in [0.25, 0.3) is 7.55 Å². The van der Waals surface area contributed by atoms with Gasteiger partial charge in [-0.2, -0.15) is 0 Å². The van der Waals surface area contributed by atoms with Gasteiger partial charge in [0.1, 0.15) is 0 Å². The molecule has 3 heteroatoms. The van der Waals surface area contributed by atoms with Gasteiger partial charge in [-0.3, -0.25) is 0 Å². The monoisotopic (exact) mass is 268 g/mol. The predicted octanol–water partition coefficient (Wildman–Crippen LogP) is 4.06. The van der Waals surface area contributed by atoms with E-state index in [9.17, 15) is 0 Å². The first kappa shape index (κ1) is 19.0. The van der Waals surface area contributed by atoms with Crippen LogP contribution in [0.25, 0.3) is 0 Å². The molecule has 0 aliphatic carbocycles. The van der Waals surface area contributed by atoms with E-state index in [0.29, 0.717) is 0 Å². The maximum Gasteiger partial charge on any atom is 0.291 e. The van der Waals surface area contributed by atoms with Crippen LogP contribution in [0.3, 0.4) is 0 Å². The first-order chi connectivity index (χ1) is 9.28. The molecule has 0 radical (unpaired) electrons. The van der Waals surface area contributed by atoms with Gasteiger partial charge in [-0.05, 0) is 51.9 Å².